The normalized spacial score (nSPS) is 20.7. The number of likely N-dealkylation sites (tertiary alicyclic amines) is 1. The molecule has 29 heavy (non-hydrogen) atoms. The molecule has 0 bridgehead atoms. The SMILES string of the molecule is CCNC(=NCC(C)N1CCN(CC)CC1)NCCCN1CCCCCC1=O.I. The molecule has 2 saturated heterocycles. The van der Waals surface area contributed by atoms with Crippen molar-refractivity contribution in [1.29, 1.82) is 0 Å². The molecule has 0 aromatic rings. The van der Waals surface area contributed by atoms with Crippen LogP contribution in [0.5, 0.6) is 0 Å². The lowest BCUT2D eigenvalue weighted by Gasteiger charge is -2.37. The number of carbonyl (C=O) groups is 1. The first kappa shape index (κ1) is 26.4. The number of amides is 1. The zero-order valence-electron chi connectivity index (χ0n) is 18.8. The maximum absolute atomic E-state index is 12.1. The van der Waals surface area contributed by atoms with Crippen LogP contribution in [0.3, 0.4) is 0 Å². The second-order valence-electron chi connectivity index (χ2n) is 8.01. The van der Waals surface area contributed by atoms with Gasteiger partial charge in [0.1, 0.15) is 0 Å². The Kier molecular flexibility index (Phi) is 13.9. The van der Waals surface area contributed by atoms with Crippen LogP contribution in [0.25, 0.3) is 0 Å². The first-order valence-electron chi connectivity index (χ1n) is 11.4. The summed E-state index contributed by atoms with van der Waals surface area (Å²) in [6.45, 7) is 16.7. The van der Waals surface area contributed by atoms with Gasteiger partial charge < -0.3 is 20.4 Å². The maximum atomic E-state index is 12.1. The Hall–Kier alpha value is -0.610. The van der Waals surface area contributed by atoms with Crippen molar-refractivity contribution in [2.75, 3.05) is 65.4 Å². The third kappa shape index (κ3) is 9.83. The summed E-state index contributed by atoms with van der Waals surface area (Å²) >= 11 is 0. The number of piperazine rings is 1. The highest BCUT2D eigenvalue weighted by molar-refractivity contribution is 14.0. The number of halogens is 1. The van der Waals surface area contributed by atoms with Gasteiger partial charge in [0, 0.05) is 64.8 Å². The van der Waals surface area contributed by atoms with E-state index in [1.165, 1.54) is 6.42 Å². The minimum atomic E-state index is 0. The van der Waals surface area contributed by atoms with Crippen molar-refractivity contribution < 1.29 is 4.79 Å². The standard InChI is InChI=1S/C21H42N6O.HI/c1-4-22-21(23-11-9-13-27-12-8-6-7-10-20(27)28)24-18-19(3)26-16-14-25(5-2)15-17-26;/h19H,4-18H2,1-3H3,(H2,22,23,24);1H. The topological polar surface area (TPSA) is 63.2 Å². The Labute approximate surface area is 195 Å². The zero-order chi connectivity index (χ0) is 20.2. The number of likely N-dealkylation sites (N-methyl/N-ethyl adjacent to an activating group) is 1. The Balaban J connectivity index is 0.00000420. The van der Waals surface area contributed by atoms with E-state index in [4.69, 9.17) is 4.99 Å². The average molecular weight is 523 g/mol. The number of rotatable bonds is 9. The summed E-state index contributed by atoms with van der Waals surface area (Å²) < 4.78 is 0. The fraction of sp³-hybridized carbons (Fsp3) is 0.905. The van der Waals surface area contributed by atoms with Gasteiger partial charge in [-0.25, -0.2) is 0 Å². The van der Waals surface area contributed by atoms with Crippen LogP contribution in [0.4, 0.5) is 0 Å². The molecule has 0 aromatic heterocycles. The summed E-state index contributed by atoms with van der Waals surface area (Å²) in [5, 5.41) is 6.79. The molecule has 8 heteroatoms. The van der Waals surface area contributed by atoms with Gasteiger partial charge in [-0.2, -0.15) is 0 Å². The minimum Gasteiger partial charge on any atom is -0.357 e. The third-order valence-corrected chi connectivity index (χ3v) is 5.90. The molecule has 0 aromatic carbocycles. The number of hydrogen-bond acceptors (Lipinski definition) is 4. The van der Waals surface area contributed by atoms with Crippen LogP contribution in [0, 0.1) is 0 Å². The second kappa shape index (κ2) is 15.2. The summed E-state index contributed by atoms with van der Waals surface area (Å²) in [5.41, 5.74) is 0. The minimum absolute atomic E-state index is 0. The van der Waals surface area contributed by atoms with Crippen LogP contribution in [0.1, 0.15) is 52.9 Å². The number of carbonyl (C=O) groups excluding carboxylic acids is 1. The summed E-state index contributed by atoms with van der Waals surface area (Å²) in [6, 6.07) is 0.462. The highest BCUT2D eigenvalue weighted by atomic mass is 127. The number of nitrogens with zero attached hydrogens (tertiary/aromatic N) is 4. The van der Waals surface area contributed by atoms with E-state index >= 15 is 0 Å². The zero-order valence-corrected chi connectivity index (χ0v) is 21.1. The predicted molar refractivity (Wildman–Crippen MR) is 132 cm³/mol. The molecule has 2 aliphatic rings. The van der Waals surface area contributed by atoms with Gasteiger partial charge in [-0.1, -0.05) is 13.3 Å². The first-order valence-corrected chi connectivity index (χ1v) is 11.4. The highest BCUT2D eigenvalue weighted by Gasteiger charge is 2.20. The first-order chi connectivity index (χ1) is 13.6. The fourth-order valence-corrected chi connectivity index (χ4v) is 3.95. The lowest BCUT2D eigenvalue weighted by Crippen LogP contribution is -2.50. The molecule has 2 fully saturated rings. The van der Waals surface area contributed by atoms with Crippen molar-refractivity contribution in [2.24, 2.45) is 4.99 Å². The van der Waals surface area contributed by atoms with Crippen molar-refractivity contribution in [3.63, 3.8) is 0 Å². The highest BCUT2D eigenvalue weighted by Crippen LogP contribution is 2.11. The molecule has 0 spiro atoms. The fourth-order valence-electron chi connectivity index (χ4n) is 3.95. The number of hydrogen-bond donors (Lipinski definition) is 2. The molecule has 0 aliphatic carbocycles. The summed E-state index contributed by atoms with van der Waals surface area (Å²) in [5.74, 6) is 1.22. The molecule has 0 radical (unpaired) electrons. The molecule has 170 valence electrons. The van der Waals surface area contributed by atoms with Gasteiger partial charge in [-0.15, -0.1) is 24.0 Å². The van der Waals surface area contributed by atoms with Gasteiger partial charge in [0.25, 0.3) is 0 Å². The van der Waals surface area contributed by atoms with Gasteiger partial charge in [-0.3, -0.25) is 14.7 Å². The molecular weight excluding hydrogens is 479 g/mol. The van der Waals surface area contributed by atoms with Crippen LogP contribution in [0.15, 0.2) is 4.99 Å². The van der Waals surface area contributed by atoms with Crippen molar-refractivity contribution >= 4 is 35.8 Å². The van der Waals surface area contributed by atoms with Gasteiger partial charge >= 0.3 is 0 Å². The molecule has 2 heterocycles. The van der Waals surface area contributed by atoms with Crippen molar-refractivity contribution in [3.8, 4) is 0 Å². The molecule has 1 atom stereocenters. The second-order valence-corrected chi connectivity index (χ2v) is 8.01. The lowest BCUT2D eigenvalue weighted by atomic mass is 10.2. The van der Waals surface area contributed by atoms with E-state index in [-0.39, 0.29) is 24.0 Å². The van der Waals surface area contributed by atoms with Gasteiger partial charge in [-0.05, 0) is 39.7 Å². The van der Waals surface area contributed by atoms with E-state index in [1.807, 2.05) is 4.90 Å². The summed E-state index contributed by atoms with van der Waals surface area (Å²) in [7, 11) is 0. The number of guanidine groups is 1. The Morgan fingerprint density at radius 2 is 1.83 bits per heavy atom. The monoisotopic (exact) mass is 522 g/mol. The smallest absolute Gasteiger partial charge is 0.222 e. The number of aliphatic imine (C=N–C) groups is 1. The van der Waals surface area contributed by atoms with E-state index in [0.717, 1.165) is 97.1 Å². The Morgan fingerprint density at radius 3 is 2.52 bits per heavy atom. The van der Waals surface area contributed by atoms with E-state index < -0.39 is 0 Å². The van der Waals surface area contributed by atoms with Gasteiger partial charge in [0.2, 0.25) is 5.91 Å². The molecule has 2 N–H and O–H groups in total. The molecular formula is C21H43IN6O. The quantitative estimate of drug-likeness (QED) is 0.210. The average Bonchev–Trinajstić information content (AvgIpc) is 2.93. The van der Waals surface area contributed by atoms with E-state index in [1.54, 1.807) is 0 Å². The lowest BCUT2D eigenvalue weighted by molar-refractivity contribution is -0.130. The van der Waals surface area contributed by atoms with Crippen LogP contribution in [0.2, 0.25) is 0 Å². The third-order valence-electron chi connectivity index (χ3n) is 5.90. The maximum Gasteiger partial charge on any atom is 0.222 e. The van der Waals surface area contributed by atoms with Gasteiger partial charge in [0.15, 0.2) is 5.96 Å². The van der Waals surface area contributed by atoms with Crippen LogP contribution >= 0.6 is 24.0 Å². The van der Waals surface area contributed by atoms with Crippen LogP contribution in [-0.4, -0.2) is 98.1 Å². The van der Waals surface area contributed by atoms with E-state index in [9.17, 15) is 4.79 Å². The van der Waals surface area contributed by atoms with Crippen LogP contribution < -0.4 is 10.6 Å². The molecule has 1 amide bonds. The molecule has 2 aliphatic heterocycles. The largest absolute Gasteiger partial charge is 0.357 e. The predicted octanol–water partition coefficient (Wildman–Crippen LogP) is 1.98. The molecule has 2 rings (SSSR count). The van der Waals surface area contributed by atoms with E-state index in [0.29, 0.717) is 11.9 Å². The molecule has 7 nitrogen and oxygen atoms in total. The van der Waals surface area contributed by atoms with Crippen molar-refractivity contribution in [1.82, 2.24) is 25.3 Å². The van der Waals surface area contributed by atoms with Gasteiger partial charge in [0.05, 0.1) is 6.54 Å². The summed E-state index contributed by atoms with van der Waals surface area (Å²) in [4.78, 5) is 24.0. The molecule has 1 unspecified atom stereocenters. The summed E-state index contributed by atoms with van der Waals surface area (Å²) in [6.07, 6.45) is 5.07. The van der Waals surface area contributed by atoms with Crippen LogP contribution in [-0.2, 0) is 4.79 Å². The Morgan fingerprint density at radius 1 is 1.07 bits per heavy atom. The van der Waals surface area contributed by atoms with Crippen molar-refractivity contribution in [3.05, 3.63) is 0 Å². The molecule has 0 saturated carbocycles. The van der Waals surface area contributed by atoms with E-state index in [2.05, 4.69) is 41.2 Å². The van der Waals surface area contributed by atoms with Crippen molar-refractivity contribution in [2.45, 2.75) is 58.9 Å². The number of nitrogens with one attached hydrogen (secondary N) is 2. The Bertz CT molecular complexity index is 482.